The summed E-state index contributed by atoms with van der Waals surface area (Å²) in [6.45, 7) is 0. The van der Waals surface area contributed by atoms with Crippen molar-refractivity contribution in [2.24, 2.45) is 11.8 Å². The Labute approximate surface area is 181 Å². The molecule has 1 aliphatic carbocycles. The van der Waals surface area contributed by atoms with Crippen LogP contribution in [0.4, 0.5) is 0 Å². The Morgan fingerprint density at radius 3 is 2.33 bits per heavy atom. The number of rotatable bonds is 10. The molecule has 2 atom stereocenters. The van der Waals surface area contributed by atoms with E-state index in [9.17, 15) is 4.79 Å². The van der Waals surface area contributed by atoms with Gasteiger partial charge in [0.25, 0.3) is 0 Å². The summed E-state index contributed by atoms with van der Waals surface area (Å²) >= 11 is 1.70. The lowest BCUT2D eigenvalue weighted by molar-refractivity contribution is -0.138. The molecule has 0 spiro atoms. The number of hydrogen-bond acceptors (Lipinski definition) is 4. The van der Waals surface area contributed by atoms with Gasteiger partial charge in [-0.15, -0.1) is 0 Å². The first-order valence-corrected chi connectivity index (χ1v) is 11.5. The van der Waals surface area contributed by atoms with Crippen LogP contribution in [0.5, 0.6) is 0 Å². The normalized spacial score (nSPS) is 17.6. The molecule has 5 heteroatoms. The molecule has 0 saturated heterocycles. The Hall–Kier alpha value is -2.66. The van der Waals surface area contributed by atoms with Gasteiger partial charge in [-0.2, -0.15) is 0 Å². The third kappa shape index (κ3) is 5.28. The number of carboxylic acid groups (broad SMARTS) is 1. The Morgan fingerprint density at radius 1 is 0.967 bits per heavy atom. The summed E-state index contributed by atoms with van der Waals surface area (Å²) in [6.07, 6.45) is 7.18. The molecule has 0 bridgehead atoms. The molecule has 154 valence electrons. The summed E-state index contributed by atoms with van der Waals surface area (Å²) in [6, 6.07) is 20.5. The van der Waals surface area contributed by atoms with Crippen LogP contribution in [0.3, 0.4) is 0 Å². The minimum absolute atomic E-state index is 0.0766. The molecular formula is C25H26N2O2S. The molecule has 0 radical (unpaired) electrons. The maximum atomic E-state index is 10.9. The van der Waals surface area contributed by atoms with E-state index in [0.717, 1.165) is 65.4 Å². The van der Waals surface area contributed by atoms with Gasteiger partial charge >= 0.3 is 5.97 Å². The Bertz CT molecular complexity index is 979. The van der Waals surface area contributed by atoms with Crippen LogP contribution in [-0.2, 0) is 4.79 Å². The van der Waals surface area contributed by atoms with E-state index in [2.05, 4.69) is 29.2 Å². The highest BCUT2D eigenvalue weighted by atomic mass is 32.2. The predicted octanol–water partition coefficient (Wildman–Crippen LogP) is 6.18. The lowest BCUT2D eigenvalue weighted by atomic mass is 10.0. The van der Waals surface area contributed by atoms with Crippen LogP contribution in [0, 0.1) is 11.8 Å². The highest BCUT2D eigenvalue weighted by molar-refractivity contribution is 7.99. The van der Waals surface area contributed by atoms with Crippen molar-refractivity contribution in [1.82, 2.24) is 9.97 Å². The average Bonchev–Trinajstić information content (AvgIpc) is 3.57. The van der Waals surface area contributed by atoms with Crippen molar-refractivity contribution < 1.29 is 9.90 Å². The van der Waals surface area contributed by atoms with E-state index in [1.807, 2.05) is 42.6 Å². The number of benzene rings is 2. The molecular weight excluding hydrogens is 392 g/mol. The molecule has 4 rings (SSSR count). The van der Waals surface area contributed by atoms with E-state index in [1.165, 1.54) is 0 Å². The molecule has 0 aliphatic heterocycles. The molecule has 1 aromatic heterocycles. The smallest absolute Gasteiger partial charge is 0.306 e. The number of aromatic nitrogens is 2. The molecule has 4 nitrogen and oxygen atoms in total. The lowest BCUT2D eigenvalue weighted by Gasteiger charge is -2.11. The number of thioether (sulfide) groups is 1. The van der Waals surface area contributed by atoms with Crippen molar-refractivity contribution in [3.8, 4) is 22.4 Å². The third-order valence-corrected chi connectivity index (χ3v) is 6.54. The molecule has 2 aromatic carbocycles. The number of unbranched alkanes of at least 4 members (excludes halogenated alkanes) is 2. The number of aliphatic carboxylic acids is 1. The minimum atomic E-state index is -0.624. The maximum absolute atomic E-state index is 10.9. The summed E-state index contributed by atoms with van der Waals surface area (Å²) in [7, 11) is 0. The zero-order chi connectivity index (χ0) is 20.8. The molecule has 30 heavy (non-hydrogen) atoms. The van der Waals surface area contributed by atoms with Crippen LogP contribution in [0.15, 0.2) is 72.0 Å². The minimum Gasteiger partial charge on any atom is -0.481 e. The van der Waals surface area contributed by atoms with Crippen LogP contribution in [0.2, 0.25) is 0 Å². The first kappa shape index (κ1) is 20.6. The predicted molar refractivity (Wildman–Crippen MR) is 121 cm³/mol. The second-order valence-electron chi connectivity index (χ2n) is 7.79. The van der Waals surface area contributed by atoms with Crippen LogP contribution >= 0.6 is 11.8 Å². The van der Waals surface area contributed by atoms with E-state index < -0.39 is 5.97 Å². The van der Waals surface area contributed by atoms with E-state index >= 15 is 0 Å². The summed E-state index contributed by atoms with van der Waals surface area (Å²) in [5.41, 5.74) is 4.22. The number of hydrogen-bond donors (Lipinski definition) is 1. The molecule has 1 heterocycles. The SMILES string of the molecule is O=C(O)C1CC1CCCCCSc1ncc(-c2ccccc2)c(-c2ccccc2)n1. The summed E-state index contributed by atoms with van der Waals surface area (Å²) in [4.78, 5) is 20.4. The van der Waals surface area contributed by atoms with Gasteiger partial charge in [-0.25, -0.2) is 9.97 Å². The largest absolute Gasteiger partial charge is 0.481 e. The van der Waals surface area contributed by atoms with E-state index in [-0.39, 0.29) is 5.92 Å². The van der Waals surface area contributed by atoms with Gasteiger partial charge in [0.05, 0.1) is 11.6 Å². The molecule has 1 fully saturated rings. The van der Waals surface area contributed by atoms with Crippen molar-refractivity contribution in [3.63, 3.8) is 0 Å². The van der Waals surface area contributed by atoms with Gasteiger partial charge in [0, 0.05) is 23.1 Å². The summed E-state index contributed by atoms with van der Waals surface area (Å²) in [5, 5.41) is 9.78. The topological polar surface area (TPSA) is 63.1 Å². The second-order valence-corrected chi connectivity index (χ2v) is 8.85. The van der Waals surface area contributed by atoms with Crippen molar-refractivity contribution in [2.75, 3.05) is 5.75 Å². The fourth-order valence-electron chi connectivity index (χ4n) is 3.80. The number of carboxylic acids is 1. The maximum Gasteiger partial charge on any atom is 0.306 e. The second kappa shape index (κ2) is 9.90. The van der Waals surface area contributed by atoms with Gasteiger partial charge in [0.2, 0.25) is 0 Å². The fourth-order valence-corrected chi connectivity index (χ4v) is 4.61. The first-order valence-electron chi connectivity index (χ1n) is 10.6. The summed E-state index contributed by atoms with van der Waals surface area (Å²) in [5.74, 6) is 0.692. The summed E-state index contributed by atoms with van der Waals surface area (Å²) < 4.78 is 0. The molecule has 1 N–H and O–H groups in total. The Balaban J connectivity index is 1.35. The van der Waals surface area contributed by atoms with E-state index in [1.54, 1.807) is 11.8 Å². The fraction of sp³-hybridized carbons (Fsp3) is 0.320. The number of carbonyl (C=O) groups is 1. The van der Waals surface area contributed by atoms with Gasteiger partial charge < -0.3 is 5.11 Å². The van der Waals surface area contributed by atoms with Crippen LogP contribution < -0.4 is 0 Å². The van der Waals surface area contributed by atoms with Gasteiger partial charge in [0.1, 0.15) is 0 Å². The monoisotopic (exact) mass is 418 g/mol. The molecule has 1 aliphatic rings. The number of nitrogens with zero attached hydrogens (tertiary/aromatic N) is 2. The first-order chi connectivity index (χ1) is 14.7. The van der Waals surface area contributed by atoms with Crippen LogP contribution in [0.25, 0.3) is 22.4 Å². The van der Waals surface area contributed by atoms with Crippen molar-refractivity contribution in [1.29, 1.82) is 0 Å². The average molecular weight is 419 g/mol. The highest BCUT2D eigenvalue weighted by Crippen LogP contribution is 2.42. The molecule has 2 unspecified atom stereocenters. The quantitative estimate of drug-likeness (QED) is 0.242. The highest BCUT2D eigenvalue weighted by Gasteiger charge is 2.42. The molecule has 3 aromatic rings. The van der Waals surface area contributed by atoms with E-state index in [4.69, 9.17) is 10.1 Å². The van der Waals surface area contributed by atoms with Crippen LogP contribution in [-0.4, -0.2) is 26.8 Å². The van der Waals surface area contributed by atoms with E-state index in [0.29, 0.717) is 5.92 Å². The standard InChI is InChI=1S/C25H26N2O2S/c28-24(29)21-16-20(21)14-8-3-9-15-30-25-26-17-22(18-10-4-1-5-11-18)23(27-25)19-12-6-2-7-13-19/h1-2,4-7,10-13,17,20-21H,3,8-9,14-16H2,(H,28,29). The zero-order valence-corrected chi connectivity index (χ0v) is 17.7. The van der Waals surface area contributed by atoms with Crippen LogP contribution in [0.1, 0.15) is 32.1 Å². The van der Waals surface area contributed by atoms with Crippen molar-refractivity contribution in [3.05, 3.63) is 66.9 Å². The zero-order valence-electron chi connectivity index (χ0n) is 16.9. The third-order valence-electron chi connectivity index (χ3n) is 5.59. The molecule has 0 amide bonds. The molecule has 1 saturated carbocycles. The Morgan fingerprint density at radius 2 is 1.67 bits per heavy atom. The lowest BCUT2D eigenvalue weighted by Crippen LogP contribution is -1.99. The van der Waals surface area contributed by atoms with Gasteiger partial charge in [-0.3, -0.25) is 4.79 Å². The van der Waals surface area contributed by atoms with Gasteiger partial charge in [-0.1, -0.05) is 85.3 Å². The van der Waals surface area contributed by atoms with Gasteiger partial charge in [-0.05, 0) is 30.7 Å². The van der Waals surface area contributed by atoms with Crippen molar-refractivity contribution in [2.45, 2.75) is 37.3 Å². The van der Waals surface area contributed by atoms with Gasteiger partial charge in [0.15, 0.2) is 5.16 Å². The van der Waals surface area contributed by atoms with Crippen molar-refractivity contribution >= 4 is 17.7 Å². The Kier molecular flexibility index (Phi) is 6.80.